The minimum absolute atomic E-state index is 0.00343. The van der Waals surface area contributed by atoms with Gasteiger partial charge >= 0.3 is 0 Å². The lowest BCUT2D eigenvalue weighted by Crippen LogP contribution is -2.67. The highest BCUT2D eigenvalue weighted by molar-refractivity contribution is 5.89. The Morgan fingerprint density at radius 1 is 0.969 bits per heavy atom. The molecule has 4 aliphatic carbocycles. The SMILES string of the molecule is CC(C)CCC[C@@H](C)[C@H]1CC[C@@]2(C)[C@@H]3C(=O)C[C@H]4[C@H](C)C(=O)CC[C@]4(C)[C@@]34O[C@H]4C[C@]12C. The topological polar surface area (TPSA) is 46.7 Å². The van der Waals surface area contributed by atoms with Crippen LogP contribution in [0, 0.1) is 51.8 Å². The third-order valence-corrected chi connectivity index (χ3v) is 12.1. The molecular weight excluding hydrogens is 396 g/mol. The van der Waals surface area contributed by atoms with E-state index in [9.17, 15) is 9.59 Å². The van der Waals surface area contributed by atoms with E-state index in [0.717, 1.165) is 25.2 Å². The standard InChI is InChI=1S/C29H46O3/c1-17(2)9-8-10-18(3)20-11-13-27(6)25-23(31)15-21-19(4)22(30)12-14-26(21,5)29(25)24(32-29)16-28(20,27)7/h17-21,24-25H,8-16H2,1-7H3/t18-,19+,20-,21+,24+,25+,26+,27+,28-,29+/m1/s1. The van der Waals surface area contributed by atoms with Crippen molar-refractivity contribution in [2.45, 2.75) is 118 Å². The maximum atomic E-state index is 13.9. The summed E-state index contributed by atoms with van der Waals surface area (Å²) in [5.74, 6) is 3.13. The number of Topliss-reactive ketones (excluding diaryl/α,β-unsaturated/α-hetero) is 2. The van der Waals surface area contributed by atoms with Crippen LogP contribution in [-0.4, -0.2) is 23.3 Å². The molecule has 0 aromatic carbocycles. The molecule has 0 radical (unpaired) electrons. The van der Waals surface area contributed by atoms with Gasteiger partial charge in [-0.1, -0.05) is 67.7 Å². The fourth-order valence-electron chi connectivity index (χ4n) is 10.0. The van der Waals surface area contributed by atoms with Crippen molar-refractivity contribution in [1.82, 2.24) is 0 Å². The van der Waals surface area contributed by atoms with Crippen LogP contribution < -0.4 is 0 Å². The first-order valence-electron chi connectivity index (χ1n) is 13.7. The summed E-state index contributed by atoms with van der Waals surface area (Å²) in [4.78, 5) is 26.5. The summed E-state index contributed by atoms with van der Waals surface area (Å²) >= 11 is 0. The second-order valence-corrected chi connectivity index (χ2v) is 13.8. The molecule has 0 N–H and O–H groups in total. The molecule has 5 rings (SSSR count). The third kappa shape index (κ3) is 2.70. The molecule has 1 aliphatic heterocycles. The van der Waals surface area contributed by atoms with Crippen LogP contribution in [0.5, 0.6) is 0 Å². The van der Waals surface area contributed by atoms with Gasteiger partial charge in [-0.3, -0.25) is 9.59 Å². The second kappa shape index (κ2) is 7.15. The van der Waals surface area contributed by atoms with Crippen molar-refractivity contribution in [3.8, 4) is 0 Å². The largest absolute Gasteiger partial charge is 0.365 e. The maximum Gasteiger partial charge on any atom is 0.139 e. The minimum Gasteiger partial charge on any atom is -0.365 e. The van der Waals surface area contributed by atoms with E-state index < -0.39 is 0 Å². The lowest BCUT2D eigenvalue weighted by atomic mass is 9.39. The second-order valence-electron chi connectivity index (χ2n) is 13.8. The normalized spacial score (nSPS) is 52.8. The highest BCUT2D eigenvalue weighted by Crippen LogP contribution is 2.80. The van der Waals surface area contributed by atoms with Gasteiger partial charge in [0.05, 0.1) is 12.0 Å². The Morgan fingerprint density at radius 3 is 2.38 bits per heavy atom. The molecule has 1 spiro atoms. The number of epoxide rings is 1. The molecule has 0 amide bonds. The molecule has 10 atom stereocenters. The summed E-state index contributed by atoms with van der Waals surface area (Å²) in [5, 5.41) is 0. The molecule has 0 unspecified atom stereocenters. The molecule has 5 aliphatic rings. The summed E-state index contributed by atoms with van der Waals surface area (Å²) in [7, 11) is 0. The van der Waals surface area contributed by atoms with Gasteiger partial charge in [0.15, 0.2) is 0 Å². The predicted molar refractivity (Wildman–Crippen MR) is 127 cm³/mol. The molecule has 0 aromatic rings. The summed E-state index contributed by atoms with van der Waals surface area (Å²) < 4.78 is 6.77. The van der Waals surface area contributed by atoms with Crippen LogP contribution in [0.4, 0.5) is 0 Å². The Bertz CT molecular complexity index is 817. The van der Waals surface area contributed by atoms with E-state index in [4.69, 9.17) is 4.74 Å². The van der Waals surface area contributed by atoms with Crippen molar-refractivity contribution >= 4 is 11.6 Å². The van der Waals surface area contributed by atoms with Crippen molar-refractivity contribution < 1.29 is 14.3 Å². The average Bonchev–Trinajstić information content (AvgIpc) is 3.34. The van der Waals surface area contributed by atoms with Gasteiger partial charge in [-0.15, -0.1) is 0 Å². The van der Waals surface area contributed by atoms with E-state index in [0.29, 0.717) is 36.2 Å². The molecule has 1 saturated heterocycles. The first-order valence-corrected chi connectivity index (χ1v) is 13.7. The van der Waals surface area contributed by atoms with Gasteiger partial charge in [0.25, 0.3) is 0 Å². The third-order valence-electron chi connectivity index (χ3n) is 12.1. The van der Waals surface area contributed by atoms with Crippen LogP contribution >= 0.6 is 0 Å². The number of hydrogen-bond donors (Lipinski definition) is 0. The van der Waals surface area contributed by atoms with Crippen molar-refractivity contribution in [3.63, 3.8) is 0 Å². The molecule has 180 valence electrons. The monoisotopic (exact) mass is 442 g/mol. The molecule has 1 heterocycles. The van der Waals surface area contributed by atoms with Crippen LogP contribution in [0.2, 0.25) is 0 Å². The molecule has 3 heteroatoms. The first kappa shape index (κ1) is 23.1. The predicted octanol–water partition coefficient (Wildman–Crippen LogP) is 6.62. The van der Waals surface area contributed by atoms with Crippen LogP contribution in [-0.2, 0) is 14.3 Å². The fraction of sp³-hybridized carbons (Fsp3) is 0.931. The van der Waals surface area contributed by atoms with E-state index in [2.05, 4.69) is 48.5 Å². The van der Waals surface area contributed by atoms with Crippen molar-refractivity contribution in [2.75, 3.05) is 0 Å². The summed E-state index contributed by atoms with van der Waals surface area (Å²) in [5.41, 5.74) is -0.137. The van der Waals surface area contributed by atoms with Gasteiger partial charge in [0, 0.05) is 24.2 Å². The minimum atomic E-state index is -0.300. The van der Waals surface area contributed by atoms with E-state index >= 15 is 0 Å². The fourth-order valence-corrected chi connectivity index (χ4v) is 10.0. The Kier molecular flexibility index (Phi) is 5.16. The summed E-state index contributed by atoms with van der Waals surface area (Å²) in [6.45, 7) is 16.6. The lowest BCUT2D eigenvalue weighted by molar-refractivity contribution is -0.174. The van der Waals surface area contributed by atoms with E-state index in [-0.39, 0.29) is 45.7 Å². The van der Waals surface area contributed by atoms with Crippen molar-refractivity contribution in [2.24, 2.45) is 51.8 Å². The van der Waals surface area contributed by atoms with E-state index in [1.807, 2.05) is 0 Å². The Balaban J connectivity index is 1.47. The maximum absolute atomic E-state index is 13.9. The zero-order chi connectivity index (χ0) is 23.3. The van der Waals surface area contributed by atoms with Gasteiger partial charge in [-0.2, -0.15) is 0 Å². The molecule has 0 bridgehead atoms. The number of hydrogen-bond acceptors (Lipinski definition) is 3. The molecular formula is C29H46O3. The van der Waals surface area contributed by atoms with Crippen LogP contribution in [0.25, 0.3) is 0 Å². The highest BCUT2D eigenvalue weighted by atomic mass is 16.6. The number of rotatable bonds is 5. The summed E-state index contributed by atoms with van der Waals surface area (Å²) in [6.07, 6.45) is 9.85. The van der Waals surface area contributed by atoms with E-state index in [1.54, 1.807) is 0 Å². The Labute approximate surface area is 195 Å². The zero-order valence-electron chi connectivity index (χ0n) is 21.6. The van der Waals surface area contributed by atoms with Crippen LogP contribution in [0.15, 0.2) is 0 Å². The molecule has 0 aromatic heterocycles. The van der Waals surface area contributed by atoms with Gasteiger partial charge in [0.2, 0.25) is 0 Å². The number of ether oxygens (including phenoxy) is 1. The molecule has 3 nitrogen and oxygen atoms in total. The van der Waals surface area contributed by atoms with Gasteiger partial charge < -0.3 is 4.74 Å². The first-order chi connectivity index (χ1) is 14.9. The number of ketones is 2. The Morgan fingerprint density at radius 2 is 1.69 bits per heavy atom. The van der Waals surface area contributed by atoms with Crippen LogP contribution in [0.1, 0.15) is 106 Å². The number of fused-ring (bicyclic) bond motifs is 3. The number of carbonyl (C=O) groups is 2. The molecule has 5 fully saturated rings. The highest BCUT2D eigenvalue weighted by Gasteiger charge is 2.84. The van der Waals surface area contributed by atoms with E-state index in [1.165, 1.54) is 25.7 Å². The van der Waals surface area contributed by atoms with Gasteiger partial charge in [-0.05, 0) is 60.2 Å². The molecule has 4 saturated carbocycles. The summed E-state index contributed by atoms with van der Waals surface area (Å²) in [6, 6.07) is 0. The average molecular weight is 443 g/mol. The van der Waals surface area contributed by atoms with Gasteiger partial charge in [-0.25, -0.2) is 0 Å². The number of carbonyl (C=O) groups excluding carboxylic acids is 2. The molecule has 32 heavy (non-hydrogen) atoms. The van der Waals surface area contributed by atoms with Crippen molar-refractivity contribution in [3.05, 3.63) is 0 Å². The smallest absolute Gasteiger partial charge is 0.139 e. The zero-order valence-corrected chi connectivity index (χ0v) is 21.6. The van der Waals surface area contributed by atoms with Crippen LogP contribution in [0.3, 0.4) is 0 Å². The quantitative estimate of drug-likeness (QED) is 0.449. The Hall–Kier alpha value is -0.700. The van der Waals surface area contributed by atoms with Gasteiger partial charge in [0.1, 0.15) is 17.2 Å². The van der Waals surface area contributed by atoms with Crippen molar-refractivity contribution in [1.29, 1.82) is 0 Å². The lowest BCUT2D eigenvalue weighted by Gasteiger charge is -2.62.